The number of nitrogens with one attached hydrogen (secondary N) is 2. The molecule has 2 bridgehead atoms. The second-order valence-electron chi connectivity index (χ2n) is 6.53. The van der Waals surface area contributed by atoms with Gasteiger partial charge in [-0.3, -0.25) is 10.1 Å². The third-order valence-corrected chi connectivity index (χ3v) is 6.05. The van der Waals surface area contributed by atoms with Gasteiger partial charge in [0, 0.05) is 10.5 Å². The number of fused-ring (bicyclic) bond motifs is 2. The normalized spacial score (nSPS) is 27.5. The third-order valence-electron chi connectivity index (χ3n) is 5.14. The zero-order valence-corrected chi connectivity index (χ0v) is 15.0. The maximum absolute atomic E-state index is 12.2. The van der Waals surface area contributed by atoms with E-state index in [9.17, 15) is 4.79 Å². The van der Waals surface area contributed by atoms with E-state index in [1.165, 1.54) is 25.7 Å². The van der Waals surface area contributed by atoms with E-state index in [2.05, 4.69) is 33.5 Å². The van der Waals surface area contributed by atoms with Crippen LogP contribution in [0.5, 0.6) is 0 Å². The lowest BCUT2D eigenvalue weighted by Crippen LogP contribution is -2.46. The zero-order valence-electron chi connectivity index (χ0n) is 12.6. The van der Waals surface area contributed by atoms with E-state index < -0.39 is 0 Å². The van der Waals surface area contributed by atoms with E-state index in [4.69, 9.17) is 12.2 Å². The minimum absolute atomic E-state index is 0.176. The van der Waals surface area contributed by atoms with Gasteiger partial charge in [0.2, 0.25) is 0 Å². The molecule has 0 aromatic heterocycles. The first-order chi connectivity index (χ1) is 10.5. The minimum Gasteiger partial charge on any atom is -0.360 e. The fourth-order valence-electron chi connectivity index (χ4n) is 4.07. The highest BCUT2D eigenvalue weighted by atomic mass is 79.9. The number of benzene rings is 1. The van der Waals surface area contributed by atoms with Gasteiger partial charge in [-0.2, -0.15) is 0 Å². The van der Waals surface area contributed by atoms with Crippen LogP contribution in [-0.4, -0.2) is 17.1 Å². The Labute approximate surface area is 145 Å². The molecule has 2 fully saturated rings. The molecule has 0 aliphatic heterocycles. The van der Waals surface area contributed by atoms with Gasteiger partial charge < -0.3 is 5.32 Å². The second kappa shape index (κ2) is 6.67. The fourth-order valence-corrected chi connectivity index (χ4v) is 4.82. The summed E-state index contributed by atoms with van der Waals surface area (Å²) >= 11 is 8.70. The van der Waals surface area contributed by atoms with Crippen LogP contribution in [0.3, 0.4) is 0 Å². The molecule has 0 heterocycles. The van der Waals surface area contributed by atoms with Crippen molar-refractivity contribution in [2.45, 2.75) is 38.6 Å². The smallest absolute Gasteiger partial charge is 0.258 e. The lowest BCUT2D eigenvalue weighted by atomic mass is 9.84. The molecule has 2 saturated carbocycles. The molecule has 5 heteroatoms. The van der Waals surface area contributed by atoms with Crippen molar-refractivity contribution in [3.8, 4) is 0 Å². The van der Waals surface area contributed by atoms with E-state index >= 15 is 0 Å². The molecule has 0 saturated heterocycles. The number of rotatable bonds is 3. The molecule has 4 atom stereocenters. The van der Waals surface area contributed by atoms with E-state index in [-0.39, 0.29) is 5.91 Å². The van der Waals surface area contributed by atoms with Crippen LogP contribution in [0.1, 0.15) is 43.0 Å². The van der Waals surface area contributed by atoms with E-state index in [0.29, 0.717) is 22.6 Å². The lowest BCUT2D eigenvalue weighted by molar-refractivity contribution is 0.0975. The van der Waals surface area contributed by atoms with E-state index in [1.54, 1.807) is 6.07 Å². The molecular formula is C17H21BrN2OS. The van der Waals surface area contributed by atoms with Gasteiger partial charge >= 0.3 is 0 Å². The lowest BCUT2D eigenvalue weighted by Gasteiger charge is -2.29. The van der Waals surface area contributed by atoms with Crippen molar-refractivity contribution in [3.05, 3.63) is 34.3 Å². The van der Waals surface area contributed by atoms with Crippen LogP contribution in [0.25, 0.3) is 0 Å². The van der Waals surface area contributed by atoms with Crippen molar-refractivity contribution in [1.29, 1.82) is 0 Å². The average molecular weight is 381 g/mol. The Morgan fingerprint density at radius 1 is 1.32 bits per heavy atom. The van der Waals surface area contributed by atoms with Gasteiger partial charge in [0.15, 0.2) is 5.11 Å². The highest BCUT2D eigenvalue weighted by Gasteiger charge is 2.41. The van der Waals surface area contributed by atoms with Crippen LogP contribution in [-0.2, 0) is 0 Å². The van der Waals surface area contributed by atoms with Crippen LogP contribution in [0.2, 0.25) is 0 Å². The Kier molecular flexibility index (Phi) is 4.83. The summed E-state index contributed by atoms with van der Waals surface area (Å²) in [5, 5.41) is 6.52. The van der Waals surface area contributed by atoms with Crippen molar-refractivity contribution >= 4 is 39.2 Å². The minimum atomic E-state index is -0.176. The molecule has 2 aliphatic carbocycles. The molecular weight excluding hydrogens is 360 g/mol. The highest BCUT2D eigenvalue weighted by Crippen LogP contribution is 2.49. The van der Waals surface area contributed by atoms with Crippen LogP contribution in [0.4, 0.5) is 0 Å². The van der Waals surface area contributed by atoms with Gasteiger partial charge in [-0.25, -0.2) is 0 Å². The van der Waals surface area contributed by atoms with Crippen molar-refractivity contribution < 1.29 is 4.79 Å². The summed E-state index contributed by atoms with van der Waals surface area (Å²) in [6, 6.07) is 7.68. The Bertz CT molecular complexity index is 592. The summed E-state index contributed by atoms with van der Waals surface area (Å²) in [7, 11) is 0. The summed E-state index contributed by atoms with van der Waals surface area (Å²) in [6.07, 6.45) is 5.45. The third kappa shape index (κ3) is 3.35. The molecule has 1 amide bonds. The molecule has 3 nitrogen and oxygen atoms in total. The number of thiocarbonyl (C=S) groups is 1. The van der Waals surface area contributed by atoms with Crippen LogP contribution in [0, 0.1) is 17.8 Å². The van der Waals surface area contributed by atoms with Crippen LogP contribution in [0.15, 0.2) is 28.7 Å². The summed E-state index contributed by atoms with van der Waals surface area (Å²) in [5.41, 5.74) is 0.597. The van der Waals surface area contributed by atoms with Gasteiger partial charge in [-0.1, -0.05) is 18.6 Å². The highest BCUT2D eigenvalue weighted by molar-refractivity contribution is 9.10. The van der Waals surface area contributed by atoms with Gasteiger partial charge in [-0.05, 0) is 84.2 Å². The van der Waals surface area contributed by atoms with Crippen LogP contribution < -0.4 is 10.6 Å². The topological polar surface area (TPSA) is 41.1 Å². The first kappa shape index (κ1) is 15.9. The molecule has 3 rings (SSSR count). The summed E-state index contributed by atoms with van der Waals surface area (Å²) in [5.74, 6) is 2.28. The van der Waals surface area contributed by atoms with Crippen molar-refractivity contribution in [2.75, 3.05) is 0 Å². The first-order valence-corrected chi connectivity index (χ1v) is 9.11. The van der Waals surface area contributed by atoms with Gasteiger partial charge in [0.25, 0.3) is 5.91 Å². The van der Waals surface area contributed by atoms with Crippen molar-refractivity contribution in [2.24, 2.45) is 17.8 Å². The van der Waals surface area contributed by atoms with Crippen LogP contribution >= 0.6 is 28.1 Å². The predicted molar refractivity (Wildman–Crippen MR) is 95.7 cm³/mol. The van der Waals surface area contributed by atoms with E-state index in [1.807, 2.05) is 18.2 Å². The van der Waals surface area contributed by atoms with Crippen molar-refractivity contribution in [1.82, 2.24) is 10.6 Å². The van der Waals surface area contributed by atoms with Crippen molar-refractivity contribution in [3.63, 3.8) is 0 Å². The van der Waals surface area contributed by atoms with Gasteiger partial charge in [0.05, 0.1) is 5.56 Å². The summed E-state index contributed by atoms with van der Waals surface area (Å²) < 4.78 is 0.774. The predicted octanol–water partition coefficient (Wildman–Crippen LogP) is 3.88. The molecule has 0 radical (unpaired) electrons. The number of carbonyl (C=O) groups excluding carboxylic acids is 1. The fraction of sp³-hybridized carbons (Fsp3) is 0.529. The molecule has 22 heavy (non-hydrogen) atoms. The SMILES string of the molecule is C[C@H](NC(=S)NC(=O)c1ccccc1Br)[C@@H]1C[C@H]2CC[C@H]1C2. The largest absolute Gasteiger partial charge is 0.360 e. The van der Waals surface area contributed by atoms with E-state index in [0.717, 1.165) is 16.3 Å². The molecule has 2 N–H and O–H groups in total. The number of halogens is 1. The number of carbonyl (C=O) groups is 1. The Morgan fingerprint density at radius 3 is 2.73 bits per heavy atom. The summed E-state index contributed by atoms with van der Waals surface area (Å²) in [6.45, 7) is 2.18. The molecule has 1 aromatic carbocycles. The zero-order chi connectivity index (χ0) is 15.7. The Balaban J connectivity index is 1.54. The molecule has 0 unspecified atom stereocenters. The first-order valence-electron chi connectivity index (χ1n) is 7.91. The van der Waals surface area contributed by atoms with Gasteiger partial charge in [0.1, 0.15) is 0 Å². The molecule has 2 aliphatic rings. The molecule has 118 valence electrons. The monoisotopic (exact) mass is 380 g/mol. The molecule has 0 spiro atoms. The second-order valence-corrected chi connectivity index (χ2v) is 7.80. The van der Waals surface area contributed by atoms with Gasteiger partial charge in [-0.15, -0.1) is 0 Å². The standard InChI is InChI=1S/C17H21BrN2OS/c1-10(14-9-11-6-7-12(14)8-11)19-17(22)20-16(21)13-4-2-3-5-15(13)18/h2-5,10-12,14H,6-9H2,1H3,(H2,19,20,21,22)/t10-,11-,12-,14-/m0/s1. The number of hydrogen-bond donors (Lipinski definition) is 2. The Hall–Kier alpha value is -0.940. The number of hydrogen-bond acceptors (Lipinski definition) is 2. The number of amides is 1. The average Bonchev–Trinajstić information content (AvgIpc) is 3.10. The maximum Gasteiger partial charge on any atom is 0.258 e. The quantitative estimate of drug-likeness (QED) is 0.781. The Morgan fingerprint density at radius 2 is 2.09 bits per heavy atom. The maximum atomic E-state index is 12.2. The molecule has 1 aromatic rings. The summed E-state index contributed by atoms with van der Waals surface area (Å²) in [4.78, 5) is 12.2.